The van der Waals surface area contributed by atoms with Gasteiger partial charge in [0.15, 0.2) is 0 Å². The molecule has 0 aromatic carbocycles. The molecule has 0 bridgehead atoms. The molecule has 18 heavy (non-hydrogen) atoms. The van der Waals surface area contributed by atoms with Crippen LogP contribution in [0.4, 0.5) is 0 Å². The van der Waals surface area contributed by atoms with Crippen molar-refractivity contribution in [1.29, 1.82) is 0 Å². The molecule has 0 fully saturated rings. The second-order valence-electron chi connectivity index (χ2n) is 4.62. The number of nitrogens with zero attached hydrogens (tertiary/aromatic N) is 2. The lowest BCUT2D eigenvalue weighted by Gasteiger charge is -2.07. The Balaban J connectivity index is 2.18. The lowest BCUT2D eigenvalue weighted by atomic mass is 10.1. The van der Waals surface area contributed by atoms with Crippen LogP contribution in [0.15, 0.2) is 29.6 Å². The van der Waals surface area contributed by atoms with Gasteiger partial charge in [-0.2, -0.15) is 0 Å². The van der Waals surface area contributed by atoms with E-state index >= 15 is 0 Å². The van der Waals surface area contributed by atoms with E-state index in [1.54, 1.807) is 6.20 Å². The first kappa shape index (κ1) is 14.7. The van der Waals surface area contributed by atoms with Crippen LogP contribution in [-0.2, 0) is 0 Å². The molecule has 0 saturated carbocycles. The molecule has 1 aromatic rings. The molecule has 0 radical (unpaired) electrons. The minimum atomic E-state index is 0.587. The van der Waals surface area contributed by atoms with E-state index in [0.717, 1.165) is 18.5 Å². The molecule has 1 rings (SSSR count). The van der Waals surface area contributed by atoms with Crippen molar-refractivity contribution in [3.63, 3.8) is 0 Å². The Hall–Kier alpha value is -1.38. The SMILES string of the molecule is CCCCCCCCCC(=N[O-])c1ccccn1. The maximum atomic E-state index is 10.8. The van der Waals surface area contributed by atoms with Crippen LogP contribution in [0.2, 0.25) is 0 Å². The molecule has 0 saturated heterocycles. The van der Waals surface area contributed by atoms with Gasteiger partial charge in [-0.3, -0.25) is 4.98 Å². The molecule has 0 N–H and O–H groups in total. The largest absolute Gasteiger partial charge is 0.792 e. The van der Waals surface area contributed by atoms with E-state index in [1.807, 2.05) is 18.2 Å². The Labute approximate surface area is 110 Å². The molecule has 0 aliphatic heterocycles. The number of rotatable bonds is 9. The molecule has 0 aliphatic carbocycles. The number of pyridine rings is 1. The fraction of sp³-hybridized carbons (Fsp3) is 0.600. The van der Waals surface area contributed by atoms with E-state index in [-0.39, 0.29) is 0 Å². The average Bonchev–Trinajstić information content (AvgIpc) is 2.43. The summed E-state index contributed by atoms with van der Waals surface area (Å²) in [6.07, 6.45) is 11.2. The average molecular weight is 247 g/mol. The van der Waals surface area contributed by atoms with Gasteiger partial charge in [-0.1, -0.05) is 51.5 Å². The predicted molar refractivity (Wildman–Crippen MR) is 76.8 cm³/mol. The highest BCUT2D eigenvalue weighted by Crippen LogP contribution is 2.11. The second kappa shape index (κ2) is 9.63. The number of unbranched alkanes of at least 4 members (excludes halogenated alkanes) is 6. The minimum absolute atomic E-state index is 0.587. The quantitative estimate of drug-likeness (QED) is 0.366. The zero-order chi connectivity index (χ0) is 13.1. The summed E-state index contributed by atoms with van der Waals surface area (Å²) in [6, 6.07) is 5.58. The van der Waals surface area contributed by atoms with Crippen LogP contribution in [0, 0.1) is 5.21 Å². The fourth-order valence-electron chi connectivity index (χ4n) is 2.00. The summed E-state index contributed by atoms with van der Waals surface area (Å²) in [5, 5.41) is 13.9. The highest BCUT2D eigenvalue weighted by molar-refractivity contribution is 5.98. The van der Waals surface area contributed by atoms with Gasteiger partial charge in [0.2, 0.25) is 0 Å². The molecule has 0 spiro atoms. The van der Waals surface area contributed by atoms with Crippen molar-refractivity contribution in [2.45, 2.75) is 58.3 Å². The van der Waals surface area contributed by atoms with E-state index in [1.165, 1.54) is 38.5 Å². The summed E-state index contributed by atoms with van der Waals surface area (Å²) < 4.78 is 0. The van der Waals surface area contributed by atoms with Gasteiger partial charge in [-0.05, 0) is 25.0 Å². The zero-order valence-corrected chi connectivity index (χ0v) is 11.3. The highest BCUT2D eigenvalue weighted by atomic mass is 16.4. The molecule has 1 aromatic heterocycles. The Morgan fingerprint density at radius 3 is 2.44 bits per heavy atom. The maximum Gasteiger partial charge on any atom is 0.0836 e. The van der Waals surface area contributed by atoms with E-state index in [0.29, 0.717) is 5.71 Å². The Morgan fingerprint density at radius 2 is 1.83 bits per heavy atom. The van der Waals surface area contributed by atoms with Crippen molar-refractivity contribution >= 4 is 5.71 Å². The molecule has 0 unspecified atom stereocenters. The molecule has 100 valence electrons. The fourth-order valence-corrected chi connectivity index (χ4v) is 2.00. The smallest absolute Gasteiger partial charge is 0.0836 e. The minimum Gasteiger partial charge on any atom is -0.792 e. The van der Waals surface area contributed by atoms with E-state index < -0.39 is 0 Å². The maximum absolute atomic E-state index is 10.8. The van der Waals surface area contributed by atoms with Gasteiger partial charge in [0, 0.05) is 6.20 Å². The zero-order valence-electron chi connectivity index (χ0n) is 11.3. The van der Waals surface area contributed by atoms with Gasteiger partial charge in [-0.25, -0.2) is 0 Å². The van der Waals surface area contributed by atoms with Crippen LogP contribution in [0.1, 0.15) is 64.0 Å². The molecule has 3 heteroatoms. The lowest BCUT2D eigenvalue weighted by Crippen LogP contribution is -2.02. The van der Waals surface area contributed by atoms with Gasteiger partial charge in [-0.15, -0.1) is 0 Å². The molecule has 0 atom stereocenters. The van der Waals surface area contributed by atoms with Crippen LogP contribution >= 0.6 is 0 Å². The molecule has 0 amide bonds. The molecular weight excluding hydrogens is 224 g/mol. The van der Waals surface area contributed by atoms with E-state index in [2.05, 4.69) is 17.1 Å². The van der Waals surface area contributed by atoms with Crippen molar-refractivity contribution in [3.05, 3.63) is 35.3 Å². The summed E-state index contributed by atoms with van der Waals surface area (Å²) in [4.78, 5) is 4.16. The van der Waals surface area contributed by atoms with Gasteiger partial charge in [0.25, 0.3) is 0 Å². The number of hydrogen-bond acceptors (Lipinski definition) is 3. The van der Waals surface area contributed by atoms with Crippen molar-refractivity contribution < 1.29 is 0 Å². The number of aromatic nitrogens is 1. The van der Waals surface area contributed by atoms with Crippen molar-refractivity contribution in [2.75, 3.05) is 0 Å². The van der Waals surface area contributed by atoms with Crippen LogP contribution in [0.3, 0.4) is 0 Å². The molecule has 0 aliphatic rings. The van der Waals surface area contributed by atoms with Gasteiger partial charge in [0.1, 0.15) is 0 Å². The van der Waals surface area contributed by atoms with Crippen LogP contribution in [0.25, 0.3) is 0 Å². The summed E-state index contributed by atoms with van der Waals surface area (Å²) in [5.74, 6) is 0. The first-order valence-electron chi connectivity index (χ1n) is 6.99. The Morgan fingerprint density at radius 1 is 1.11 bits per heavy atom. The molecule has 3 nitrogen and oxygen atoms in total. The lowest BCUT2D eigenvalue weighted by molar-refractivity contribution is 0.595. The third-order valence-electron chi connectivity index (χ3n) is 3.09. The van der Waals surface area contributed by atoms with Crippen molar-refractivity contribution in [2.24, 2.45) is 5.16 Å². The highest BCUT2D eigenvalue weighted by Gasteiger charge is 2.02. The Bertz CT molecular complexity index is 336. The third kappa shape index (κ3) is 5.80. The third-order valence-corrected chi connectivity index (χ3v) is 3.09. The van der Waals surface area contributed by atoms with Crippen molar-refractivity contribution in [1.82, 2.24) is 4.98 Å². The van der Waals surface area contributed by atoms with E-state index in [4.69, 9.17) is 0 Å². The monoisotopic (exact) mass is 247 g/mol. The van der Waals surface area contributed by atoms with Crippen molar-refractivity contribution in [3.8, 4) is 0 Å². The summed E-state index contributed by atoms with van der Waals surface area (Å²) in [6.45, 7) is 2.23. The molecular formula is C15H23N2O-. The first-order chi connectivity index (χ1) is 8.88. The summed E-state index contributed by atoms with van der Waals surface area (Å²) >= 11 is 0. The van der Waals surface area contributed by atoms with Gasteiger partial charge < -0.3 is 10.4 Å². The second-order valence-corrected chi connectivity index (χ2v) is 4.62. The standard InChI is InChI=1S/C15H24N2O/c1-2-3-4-5-6-7-8-12-15(17-18)14-11-9-10-13-16-14/h9-11,13,18H,2-8,12H2,1H3/p-1. The summed E-state index contributed by atoms with van der Waals surface area (Å²) in [7, 11) is 0. The van der Waals surface area contributed by atoms with Crippen LogP contribution in [0.5, 0.6) is 0 Å². The topological polar surface area (TPSA) is 48.3 Å². The van der Waals surface area contributed by atoms with Gasteiger partial charge >= 0.3 is 0 Å². The van der Waals surface area contributed by atoms with Gasteiger partial charge in [0.05, 0.1) is 11.4 Å². The van der Waals surface area contributed by atoms with Crippen LogP contribution < -0.4 is 0 Å². The normalized spacial score (nSPS) is 11.7. The van der Waals surface area contributed by atoms with E-state index in [9.17, 15) is 5.21 Å². The van der Waals surface area contributed by atoms with Crippen LogP contribution in [-0.4, -0.2) is 10.7 Å². The Kier molecular flexibility index (Phi) is 7.85. The number of hydrogen-bond donors (Lipinski definition) is 0. The predicted octanol–water partition coefficient (Wildman–Crippen LogP) is 4.51. The first-order valence-corrected chi connectivity index (χ1v) is 6.99. The summed E-state index contributed by atoms with van der Waals surface area (Å²) in [5.41, 5.74) is 1.31. The molecule has 1 heterocycles.